The monoisotopic (exact) mass is 215 g/mol. The smallest absolute Gasteiger partial charge is 0.0410 e. The van der Waals surface area contributed by atoms with E-state index in [0.29, 0.717) is 0 Å². The average molecular weight is 216 g/mol. The Morgan fingerprint density at radius 3 is 2.77 bits per heavy atom. The van der Waals surface area contributed by atoms with E-state index >= 15 is 0 Å². The van der Waals surface area contributed by atoms with E-state index in [1.165, 1.54) is 4.90 Å². The van der Waals surface area contributed by atoms with Crippen LogP contribution in [0.1, 0.15) is 24.9 Å². The SMILES string of the molecule is CCC(N)c1cc(Cl)ccc1SC. The van der Waals surface area contributed by atoms with E-state index < -0.39 is 0 Å². The molecular weight excluding hydrogens is 202 g/mol. The normalized spacial score (nSPS) is 12.9. The van der Waals surface area contributed by atoms with Crippen LogP contribution < -0.4 is 5.73 Å². The molecule has 0 aliphatic carbocycles. The highest BCUT2D eigenvalue weighted by Crippen LogP contribution is 2.28. The fourth-order valence-corrected chi connectivity index (χ4v) is 2.05. The number of benzene rings is 1. The summed E-state index contributed by atoms with van der Waals surface area (Å²) in [5, 5.41) is 0.761. The van der Waals surface area contributed by atoms with Crippen LogP contribution in [0.5, 0.6) is 0 Å². The van der Waals surface area contributed by atoms with Gasteiger partial charge in [0.1, 0.15) is 0 Å². The van der Waals surface area contributed by atoms with Gasteiger partial charge in [-0.05, 0) is 36.4 Å². The molecule has 0 saturated carbocycles. The lowest BCUT2D eigenvalue weighted by Gasteiger charge is -2.13. The largest absolute Gasteiger partial charge is 0.324 e. The molecule has 0 heterocycles. The maximum atomic E-state index is 5.97. The number of thioether (sulfide) groups is 1. The molecule has 0 aliphatic rings. The summed E-state index contributed by atoms with van der Waals surface area (Å²) in [6.07, 6.45) is 2.99. The molecule has 72 valence electrons. The van der Waals surface area contributed by atoms with Crippen LogP contribution in [0.15, 0.2) is 23.1 Å². The summed E-state index contributed by atoms with van der Waals surface area (Å²) < 4.78 is 0. The molecule has 1 aromatic rings. The van der Waals surface area contributed by atoms with E-state index in [-0.39, 0.29) is 6.04 Å². The summed E-state index contributed by atoms with van der Waals surface area (Å²) in [6, 6.07) is 5.99. The van der Waals surface area contributed by atoms with Crippen molar-refractivity contribution < 1.29 is 0 Å². The van der Waals surface area contributed by atoms with Crippen molar-refractivity contribution in [2.75, 3.05) is 6.26 Å². The van der Waals surface area contributed by atoms with Crippen LogP contribution in [0, 0.1) is 0 Å². The van der Waals surface area contributed by atoms with Gasteiger partial charge in [0.2, 0.25) is 0 Å². The van der Waals surface area contributed by atoms with Gasteiger partial charge in [-0.1, -0.05) is 18.5 Å². The molecule has 0 fully saturated rings. The number of halogens is 1. The minimum atomic E-state index is 0.0983. The van der Waals surface area contributed by atoms with E-state index in [1.54, 1.807) is 11.8 Å². The summed E-state index contributed by atoms with van der Waals surface area (Å²) in [5.41, 5.74) is 7.12. The first-order chi connectivity index (χ1) is 6.19. The van der Waals surface area contributed by atoms with Crippen LogP contribution in [0.4, 0.5) is 0 Å². The first-order valence-electron chi connectivity index (χ1n) is 4.28. The molecule has 0 bridgehead atoms. The highest BCUT2D eigenvalue weighted by Gasteiger charge is 2.08. The molecule has 0 saturated heterocycles. The van der Waals surface area contributed by atoms with Gasteiger partial charge >= 0.3 is 0 Å². The quantitative estimate of drug-likeness (QED) is 0.782. The molecule has 1 nitrogen and oxygen atoms in total. The lowest BCUT2D eigenvalue weighted by Crippen LogP contribution is -2.09. The first kappa shape index (κ1) is 10.9. The lowest BCUT2D eigenvalue weighted by molar-refractivity contribution is 0.686. The molecular formula is C10H14ClNS. The van der Waals surface area contributed by atoms with Crippen LogP contribution in [0.25, 0.3) is 0 Å². The van der Waals surface area contributed by atoms with E-state index in [2.05, 4.69) is 13.2 Å². The Bertz CT molecular complexity index is 288. The Kier molecular flexibility index (Phi) is 4.10. The zero-order valence-corrected chi connectivity index (χ0v) is 9.45. The molecule has 1 unspecified atom stereocenters. The molecule has 0 aliphatic heterocycles. The fraction of sp³-hybridized carbons (Fsp3) is 0.400. The van der Waals surface area contributed by atoms with Crippen molar-refractivity contribution >= 4 is 23.4 Å². The Morgan fingerprint density at radius 2 is 2.23 bits per heavy atom. The van der Waals surface area contributed by atoms with Gasteiger partial charge in [0.25, 0.3) is 0 Å². The van der Waals surface area contributed by atoms with Gasteiger partial charge in [-0.2, -0.15) is 0 Å². The van der Waals surface area contributed by atoms with Crippen LogP contribution >= 0.6 is 23.4 Å². The van der Waals surface area contributed by atoms with Gasteiger partial charge < -0.3 is 5.73 Å². The minimum Gasteiger partial charge on any atom is -0.324 e. The summed E-state index contributed by atoms with van der Waals surface area (Å²) in [5.74, 6) is 0. The van der Waals surface area contributed by atoms with Gasteiger partial charge in [-0.3, -0.25) is 0 Å². The predicted octanol–water partition coefficient (Wildman–Crippen LogP) is 3.47. The van der Waals surface area contributed by atoms with Crippen LogP contribution in [-0.2, 0) is 0 Å². The molecule has 2 N–H and O–H groups in total. The van der Waals surface area contributed by atoms with Crippen molar-refractivity contribution in [3.05, 3.63) is 28.8 Å². The third-order valence-electron chi connectivity index (χ3n) is 2.03. The van der Waals surface area contributed by atoms with Gasteiger partial charge in [0, 0.05) is 16.0 Å². The molecule has 0 aromatic heterocycles. The zero-order valence-electron chi connectivity index (χ0n) is 7.88. The van der Waals surface area contributed by atoms with E-state index in [9.17, 15) is 0 Å². The van der Waals surface area contributed by atoms with E-state index in [1.807, 2.05) is 18.2 Å². The molecule has 0 radical (unpaired) electrons. The zero-order chi connectivity index (χ0) is 9.84. The summed E-state index contributed by atoms with van der Waals surface area (Å²) in [6.45, 7) is 2.08. The maximum Gasteiger partial charge on any atom is 0.0410 e. The van der Waals surface area contributed by atoms with Crippen molar-refractivity contribution in [2.24, 2.45) is 5.73 Å². The maximum absolute atomic E-state index is 5.97. The molecule has 3 heteroatoms. The topological polar surface area (TPSA) is 26.0 Å². The van der Waals surface area contributed by atoms with Gasteiger partial charge in [0.15, 0.2) is 0 Å². The second-order valence-electron chi connectivity index (χ2n) is 2.90. The summed E-state index contributed by atoms with van der Waals surface area (Å²) >= 11 is 7.62. The molecule has 0 amide bonds. The third kappa shape index (κ3) is 2.63. The number of hydrogen-bond donors (Lipinski definition) is 1. The van der Waals surface area contributed by atoms with Crippen molar-refractivity contribution in [1.82, 2.24) is 0 Å². The van der Waals surface area contributed by atoms with Crippen molar-refractivity contribution in [3.8, 4) is 0 Å². The molecule has 1 atom stereocenters. The van der Waals surface area contributed by atoms with Gasteiger partial charge in [0.05, 0.1) is 0 Å². The third-order valence-corrected chi connectivity index (χ3v) is 3.08. The van der Waals surface area contributed by atoms with Gasteiger partial charge in [-0.15, -0.1) is 11.8 Å². The molecule has 1 aromatic carbocycles. The molecule has 0 spiro atoms. The van der Waals surface area contributed by atoms with Crippen LogP contribution in [-0.4, -0.2) is 6.26 Å². The minimum absolute atomic E-state index is 0.0983. The van der Waals surface area contributed by atoms with E-state index in [4.69, 9.17) is 17.3 Å². The fourth-order valence-electron chi connectivity index (χ4n) is 1.21. The number of nitrogens with two attached hydrogens (primary N) is 1. The Hall–Kier alpha value is -0.180. The Morgan fingerprint density at radius 1 is 1.54 bits per heavy atom. The van der Waals surface area contributed by atoms with Crippen LogP contribution in [0.3, 0.4) is 0 Å². The number of rotatable bonds is 3. The Balaban J connectivity index is 3.07. The van der Waals surface area contributed by atoms with E-state index in [0.717, 1.165) is 17.0 Å². The standard InChI is InChI=1S/C10H14ClNS/c1-3-9(12)8-6-7(11)4-5-10(8)13-2/h4-6,9H,3,12H2,1-2H3. The lowest BCUT2D eigenvalue weighted by atomic mass is 10.1. The highest BCUT2D eigenvalue weighted by molar-refractivity contribution is 7.98. The predicted molar refractivity (Wildman–Crippen MR) is 60.5 cm³/mol. The van der Waals surface area contributed by atoms with Gasteiger partial charge in [-0.25, -0.2) is 0 Å². The Labute approximate surface area is 88.7 Å². The van der Waals surface area contributed by atoms with Crippen LogP contribution in [0.2, 0.25) is 5.02 Å². The van der Waals surface area contributed by atoms with Crippen molar-refractivity contribution in [1.29, 1.82) is 0 Å². The second-order valence-corrected chi connectivity index (χ2v) is 4.19. The molecule has 13 heavy (non-hydrogen) atoms. The summed E-state index contributed by atoms with van der Waals surface area (Å²) in [4.78, 5) is 1.22. The summed E-state index contributed by atoms with van der Waals surface area (Å²) in [7, 11) is 0. The van der Waals surface area contributed by atoms with Crippen molar-refractivity contribution in [3.63, 3.8) is 0 Å². The average Bonchev–Trinajstić information content (AvgIpc) is 2.16. The second kappa shape index (κ2) is 4.89. The first-order valence-corrected chi connectivity index (χ1v) is 5.88. The van der Waals surface area contributed by atoms with Crippen molar-refractivity contribution in [2.45, 2.75) is 24.3 Å². The number of hydrogen-bond acceptors (Lipinski definition) is 2. The molecule has 1 rings (SSSR count). The highest BCUT2D eigenvalue weighted by atomic mass is 35.5.